The van der Waals surface area contributed by atoms with Crippen LogP contribution >= 0.6 is 0 Å². The fourth-order valence-corrected chi connectivity index (χ4v) is 2.42. The van der Waals surface area contributed by atoms with Crippen molar-refractivity contribution in [2.75, 3.05) is 0 Å². The van der Waals surface area contributed by atoms with Gasteiger partial charge in [-0.3, -0.25) is 9.78 Å². The molecule has 6 nitrogen and oxygen atoms in total. The first-order valence-corrected chi connectivity index (χ1v) is 7.90. The summed E-state index contributed by atoms with van der Waals surface area (Å²) in [5.41, 5.74) is 2.20. The van der Waals surface area contributed by atoms with Gasteiger partial charge in [0.15, 0.2) is 5.82 Å². The molecule has 3 aromatic rings. The molecule has 0 unspecified atom stereocenters. The summed E-state index contributed by atoms with van der Waals surface area (Å²) >= 11 is 0. The Morgan fingerprint density at radius 2 is 1.96 bits per heavy atom. The molecule has 0 aliphatic heterocycles. The van der Waals surface area contributed by atoms with E-state index in [2.05, 4.69) is 39.4 Å². The molecule has 0 radical (unpaired) electrons. The number of hydrogen-bond acceptors (Lipinski definition) is 4. The van der Waals surface area contributed by atoms with Gasteiger partial charge in [0.1, 0.15) is 5.82 Å². The minimum Gasteiger partial charge on any atom is -0.304 e. The number of nitrogens with one attached hydrogen (secondary N) is 2. The van der Waals surface area contributed by atoms with Crippen LogP contribution in [0.5, 0.6) is 0 Å². The van der Waals surface area contributed by atoms with E-state index in [1.54, 1.807) is 0 Å². The van der Waals surface area contributed by atoms with Gasteiger partial charge in [-0.2, -0.15) is 10.2 Å². The Hall–Kier alpha value is -2.47. The van der Waals surface area contributed by atoms with Gasteiger partial charge in [0.2, 0.25) is 0 Å². The molecule has 0 saturated carbocycles. The number of nitrogens with zero attached hydrogens (tertiary/aromatic N) is 4. The Morgan fingerprint density at radius 1 is 1.13 bits per heavy atom. The average Bonchev–Trinajstić information content (AvgIpc) is 3.18. The van der Waals surface area contributed by atoms with Gasteiger partial charge in [-0.05, 0) is 12.0 Å². The molecule has 120 valence electrons. The van der Waals surface area contributed by atoms with Crippen molar-refractivity contribution in [3.05, 3.63) is 54.1 Å². The smallest absolute Gasteiger partial charge is 0.181 e. The molecule has 2 N–H and O–H groups in total. The number of aromatic nitrogens is 5. The zero-order valence-electron chi connectivity index (χ0n) is 13.5. The van der Waals surface area contributed by atoms with E-state index in [-0.39, 0.29) is 0 Å². The molecule has 3 rings (SSSR count). The predicted octanol–water partition coefficient (Wildman–Crippen LogP) is 2.61. The van der Waals surface area contributed by atoms with Gasteiger partial charge in [-0.25, -0.2) is 4.98 Å². The fourth-order valence-electron chi connectivity index (χ4n) is 2.42. The highest BCUT2D eigenvalue weighted by Gasteiger charge is 2.07. The van der Waals surface area contributed by atoms with Gasteiger partial charge in [0.25, 0.3) is 0 Å². The number of benzene rings is 1. The van der Waals surface area contributed by atoms with Crippen molar-refractivity contribution in [1.82, 2.24) is 30.3 Å². The average molecular weight is 310 g/mol. The second kappa shape index (κ2) is 7.19. The summed E-state index contributed by atoms with van der Waals surface area (Å²) < 4.78 is 2.05. The van der Waals surface area contributed by atoms with Gasteiger partial charge in [-0.1, -0.05) is 44.2 Å². The highest BCUT2D eigenvalue weighted by Crippen LogP contribution is 2.13. The Bertz CT molecular complexity index is 728. The lowest BCUT2D eigenvalue weighted by atomic mass is 10.2. The molecule has 0 spiro atoms. The zero-order chi connectivity index (χ0) is 16.1. The van der Waals surface area contributed by atoms with E-state index >= 15 is 0 Å². The van der Waals surface area contributed by atoms with Crippen LogP contribution in [0.1, 0.15) is 25.4 Å². The lowest BCUT2D eigenvalue weighted by Gasteiger charge is -2.10. The molecule has 0 amide bonds. The maximum absolute atomic E-state index is 4.52. The third-order valence-electron chi connectivity index (χ3n) is 3.50. The Balaban J connectivity index is 1.56. The predicted molar refractivity (Wildman–Crippen MR) is 89.4 cm³/mol. The lowest BCUT2D eigenvalue weighted by molar-refractivity contribution is 0.460. The van der Waals surface area contributed by atoms with E-state index in [1.165, 1.54) is 5.69 Å². The third-order valence-corrected chi connectivity index (χ3v) is 3.50. The molecule has 0 aliphatic rings. The summed E-state index contributed by atoms with van der Waals surface area (Å²) in [6, 6.07) is 12.0. The summed E-state index contributed by atoms with van der Waals surface area (Å²) in [7, 11) is 0. The minimum absolute atomic E-state index is 0.580. The van der Waals surface area contributed by atoms with E-state index in [0.717, 1.165) is 30.3 Å². The Kier molecular flexibility index (Phi) is 4.83. The van der Waals surface area contributed by atoms with Crippen molar-refractivity contribution < 1.29 is 0 Å². The maximum Gasteiger partial charge on any atom is 0.181 e. The van der Waals surface area contributed by atoms with Gasteiger partial charge < -0.3 is 5.32 Å². The maximum atomic E-state index is 4.52. The quantitative estimate of drug-likeness (QED) is 0.703. The standard InChI is InChI=1S/C17H22N6/c1-13(2)12-23-15(8-9-19-23)10-18-11-16-20-17(22-21-16)14-6-4-3-5-7-14/h3-9,13,18H,10-12H2,1-2H3,(H,20,21,22). The van der Waals surface area contributed by atoms with Gasteiger partial charge in [0.05, 0.1) is 12.2 Å². The largest absolute Gasteiger partial charge is 0.304 e. The second-order valence-corrected chi connectivity index (χ2v) is 5.97. The van der Waals surface area contributed by atoms with Crippen LogP contribution in [0, 0.1) is 5.92 Å². The summed E-state index contributed by atoms with van der Waals surface area (Å²) in [5.74, 6) is 2.14. The molecule has 0 fully saturated rings. The summed E-state index contributed by atoms with van der Waals surface area (Å²) in [6.07, 6.45) is 1.85. The highest BCUT2D eigenvalue weighted by atomic mass is 15.3. The highest BCUT2D eigenvalue weighted by molar-refractivity contribution is 5.53. The minimum atomic E-state index is 0.580. The lowest BCUT2D eigenvalue weighted by Crippen LogP contribution is -2.18. The van der Waals surface area contributed by atoms with E-state index in [4.69, 9.17) is 0 Å². The molecule has 23 heavy (non-hydrogen) atoms. The van der Waals surface area contributed by atoms with Crippen LogP contribution in [0.25, 0.3) is 11.4 Å². The van der Waals surface area contributed by atoms with Crippen LogP contribution in [0.3, 0.4) is 0 Å². The van der Waals surface area contributed by atoms with Crippen LogP contribution in [0.15, 0.2) is 42.6 Å². The first kappa shape index (κ1) is 15.4. The summed E-state index contributed by atoms with van der Waals surface area (Å²) in [5, 5.41) is 15.0. The monoisotopic (exact) mass is 310 g/mol. The number of H-pyrrole nitrogens is 1. The van der Waals surface area contributed by atoms with Crippen LogP contribution in [-0.4, -0.2) is 25.0 Å². The second-order valence-electron chi connectivity index (χ2n) is 5.97. The fraction of sp³-hybridized carbons (Fsp3) is 0.353. The van der Waals surface area contributed by atoms with Gasteiger partial charge >= 0.3 is 0 Å². The van der Waals surface area contributed by atoms with Crippen molar-refractivity contribution in [3.8, 4) is 11.4 Å². The molecule has 2 aromatic heterocycles. The van der Waals surface area contributed by atoms with Crippen molar-refractivity contribution >= 4 is 0 Å². The van der Waals surface area contributed by atoms with E-state index in [9.17, 15) is 0 Å². The number of aromatic amines is 1. The first-order chi connectivity index (χ1) is 11.2. The topological polar surface area (TPSA) is 71.4 Å². The van der Waals surface area contributed by atoms with Crippen molar-refractivity contribution in [2.45, 2.75) is 33.5 Å². The summed E-state index contributed by atoms with van der Waals surface area (Å²) in [6.45, 7) is 6.72. The normalized spacial score (nSPS) is 11.3. The van der Waals surface area contributed by atoms with E-state index in [0.29, 0.717) is 12.5 Å². The van der Waals surface area contributed by atoms with Crippen molar-refractivity contribution in [1.29, 1.82) is 0 Å². The van der Waals surface area contributed by atoms with E-state index < -0.39 is 0 Å². The first-order valence-electron chi connectivity index (χ1n) is 7.90. The van der Waals surface area contributed by atoms with E-state index in [1.807, 2.05) is 47.3 Å². The van der Waals surface area contributed by atoms with Crippen LogP contribution in [0.2, 0.25) is 0 Å². The number of hydrogen-bond donors (Lipinski definition) is 2. The van der Waals surface area contributed by atoms with Gasteiger partial charge in [-0.15, -0.1) is 0 Å². The molecular weight excluding hydrogens is 288 g/mol. The number of rotatable bonds is 7. The summed E-state index contributed by atoms with van der Waals surface area (Å²) in [4.78, 5) is 4.52. The van der Waals surface area contributed by atoms with Crippen LogP contribution in [-0.2, 0) is 19.6 Å². The van der Waals surface area contributed by atoms with Crippen molar-refractivity contribution in [2.24, 2.45) is 5.92 Å². The molecule has 2 heterocycles. The molecule has 0 aliphatic carbocycles. The Labute approximate surface area is 136 Å². The zero-order valence-corrected chi connectivity index (χ0v) is 13.5. The van der Waals surface area contributed by atoms with Gasteiger partial charge in [0, 0.05) is 24.8 Å². The third kappa shape index (κ3) is 4.04. The molecule has 0 saturated heterocycles. The van der Waals surface area contributed by atoms with Crippen LogP contribution in [0.4, 0.5) is 0 Å². The SMILES string of the molecule is CC(C)Cn1nccc1CNCc1nc(-c2ccccc2)n[nH]1. The molecule has 0 atom stereocenters. The Morgan fingerprint density at radius 3 is 2.74 bits per heavy atom. The molecule has 1 aromatic carbocycles. The molecule has 6 heteroatoms. The van der Waals surface area contributed by atoms with Crippen molar-refractivity contribution in [3.63, 3.8) is 0 Å². The van der Waals surface area contributed by atoms with Crippen LogP contribution < -0.4 is 5.32 Å². The molecule has 0 bridgehead atoms. The molecular formula is C17H22N6.